The lowest BCUT2D eigenvalue weighted by atomic mass is 9.89. The Morgan fingerprint density at radius 3 is 2.62 bits per heavy atom. The summed E-state index contributed by atoms with van der Waals surface area (Å²) in [6, 6.07) is 1.53. The normalized spacial score (nSPS) is 26.9. The molecule has 0 aromatic heterocycles. The monoisotopic (exact) mass is 368 g/mol. The van der Waals surface area contributed by atoms with E-state index in [0.717, 1.165) is 38.0 Å². The highest BCUT2D eigenvalue weighted by atomic mass is 19.2. The minimum atomic E-state index is -1.03. The Bertz CT molecular complexity index is 610. The van der Waals surface area contributed by atoms with Crippen LogP contribution in [0.3, 0.4) is 0 Å². The van der Waals surface area contributed by atoms with Gasteiger partial charge >= 0.3 is 0 Å². The summed E-state index contributed by atoms with van der Waals surface area (Å²) in [5, 5.41) is 9.59. The zero-order valence-electron chi connectivity index (χ0n) is 15.8. The fraction of sp³-hybridized carbons (Fsp3) is 0.714. The average molecular weight is 368 g/mol. The number of ether oxygens (including phenoxy) is 2. The van der Waals surface area contributed by atoms with E-state index in [9.17, 15) is 13.9 Å². The van der Waals surface area contributed by atoms with Crippen molar-refractivity contribution < 1.29 is 23.4 Å². The van der Waals surface area contributed by atoms with Crippen LogP contribution in [-0.2, 0) is 11.2 Å². The van der Waals surface area contributed by atoms with Crippen LogP contribution in [0.5, 0.6) is 5.75 Å². The van der Waals surface area contributed by atoms with Gasteiger partial charge in [-0.2, -0.15) is 4.39 Å². The maximum absolute atomic E-state index is 14.3. The van der Waals surface area contributed by atoms with Gasteiger partial charge in [0.2, 0.25) is 5.82 Å². The number of benzene rings is 1. The van der Waals surface area contributed by atoms with E-state index in [-0.39, 0.29) is 17.4 Å². The standard InChI is InChI=1S/C21H30F2O3/c1-13-5-8-16(9-6-13)25-11-3-4-17-10-7-15-12-18(14(2)24)19(22)20(23)21(15)26-17/h12-14,16-17,24H,3-11H2,1-2H3. The van der Waals surface area contributed by atoms with Crippen LogP contribution in [0.1, 0.15) is 76.0 Å². The molecule has 1 heterocycles. The van der Waals surface area contributed by atoms with Gasteiger partial charge in [0.15, 0.2) is 11.6 Å². The minimum absolute atomic E-state index is 0.00139. The van der Waals surface area contributed by atoms with Crippen molar-refractivity contribution in [2.24, 2.45) is 5.92 Å². The van der Waals surface area contributed by atoms with Crippen molar-refractivity contribution in [1.82, 2.24) is 0 Å². The van der Waals surface area contributed by atoms with Crippen molar-refractivity contribution in [2.45, 2.75) is 83.5 Å². The predicted octanol–water partition coefficient (Wildman–Crippen LogP) is 5.09. The first-order valence-electron chi connectivity index (χ1n) is 9.92. The second-order valence-corrected chi connectivity index (χ2v) is 7.93. The molecule has 1 aromatic carbocycles. The van der Waals surface area contributed by atoms with Gasteiger partial charge in [0.05, 0.1) is 18.3 Å². The summed E-state index contributed by atoms with van der Waals surface area (Å²) in [5.74, 6) is -1.15. The number of aryl methyl sites for hydroxylation is 1. The molecule has 0 amide bonds. The van der Waals surface area contributed by atoms with Crippen LogP contribution in [0, 0.1) is 17.6 Å². The molecule has 0 radical (unpaired) electrons. The second kappa shape index (κ2) is 8.66. The van der Waals surface area contributed by atoms with Crippen LogP contribution in [0.4, 0.5) is 8.78 Å². The Morgan fingerprint density at radius 2 is 1.92 bits per heavy atom. The average Bonchev–Trinajstić information content (AvgIpc) is 2.63. The smallest absolute Gasteiger partial charge is 0.201 e. The summed E-state index contributed by atoms with van der Waals surface area (Å²) < 4.78 is 40.1. The van der Waals surface area contributed by atoms with Crippen molar-refractivity contribution >= 4 is 0 Å². The molecule has 26 heavy (non-hydrogen) atoms. The number of halogens is 2. The van der Waals surface area contributed by atoms with Crippen LogP contribution in [-0.4, -0.2) is 23.9 Å². The van der Waals surface area contributed by atoms with Crippen LogP contribution in [0.25, 0.3) is 0 Å². The predicted molar refractivity (Wildman–Crippen MR) is 96.3 cm³/mol. The first kappa shape index (κ1) is 19.6. The van der Waals surface area contributed by atoms with E-state index in [1.54, 1.807) is 0 Å². The van der Waals surface area contributed by atoms with Gasteiger partial charge in [-0.05, 0) is 75.8 Å². The number of aliphatic hydroxyl groups is 1. The number of hydrogen-bond donors (Lipinski definition) is 1. The first-order chi connectivity index (χ1) is 12.5. The van der Waals surface area contributed by atoms with Crippen molar-refractivity contribution in [2.75, 3.05) is 6.61 Å². The Hall–Kier alpha value is -1.20. The molecule has 0 bridgehead atoms. The highest BCUT2D eigenvalue weighted by Gasteiger charge is 2.28. The zero-order valence-corrected chi connectivity index (χ0v) is 15.8. The van der Waals surface area contributed by atoms with Gasteiger partial charge in [-0.3, -0.25) is 0 Å². The van der Waals surface area contributed by atoms with E-state index in [4.69, 9.17) is 9.47 Å². The van der Waals surface area contributed by atoms with E-state index in [0.29, 0.717) is 24.7 Å². The fourth-order valence-corrected chi connectivity index (χ4v) is 4.00. The molecule has 2 aliphatic rings. The lowest BCUT2D eigenvalue weighted by Crippen LogP contribution is -2.25. The van der Waals surface area contributed by atoms with E-state index >= 15 is 0 Å². The largest absolute Gasteiger partial charge is 0.487 e. The Kier molecular flexibility index (Phi) is 6.51. The third kappa shape index (κ3) is 4.55. The fourth-order valence-electron chi connectivity index (χ4n) is 4.00. The zero-order chi connectivity index (χ0) is 18.7. The quantitative estimate of drug-likeness (QED) is 0.711. The molecule has 2 unspecified atom stereocenters. The van der Waals surface area contributed by atoms with Gasteiger partial charge in [0, 0.05) is 12.2 Å². The Labute approximate surface area is 154 Å². The summed E-state index contributed by atoms with van der Waals surface area (Å²) in [6.45, 7) is 4.42. The topological polar surface area (TPSA) is 38.7 Å². The van der Waals surface area contributed by atoms with Gasteiger partial charge < -0.3 is 14.6 Å². The number of fused-ring (bicyclic) bond motifs is 1. The minimum Gasteiger partial charge on any atom is -0.487 e. The van der Waals surface area contributed by atoms with E-state index in [2.05, 4.69) is 6.92 Å². The molecule has 1 aliphatic heterocycles. The molecule has 0 saturated heterocycles. The second-order valence-electron chi connectivity index (χ2n) is 7.93. The van der Waals surface area contributed by atoms with Crippen molar-refractivity contribution in [1.29, 1.82) is 0 Å². The number of rotatable bonds is 6. The molecule has 1 fully saturated rings. The first-order valence-corrected chi connectivity index (χ1v) is 9.92. The summed E-state index contributed by atoms with van der Waals surface area (Å²) >= 11 is 0. The van der Waals surface area contributed by atoms with Gasteiger partial charge in [-0.1, -0.05) is 6.92 Å². The van der Waals surface area contributed by atoms with Crippen LogP contribution in [0.2, 0.25) is 0 Å². The Morgan fingerprint density at radius 1 is 1.19 bits per heavy atom. The van der Waals surface area contributed by atoms with Crippen molar-refractivity contribution in [3.63, 3.8) is 0 Å². The molecule has 2 atom stereocenters. The Balaban J connectivity index is 1.49. The number of hydrogen-bond acceptors (Lipinski definition) is 3. The van der Waals surface area contributed by atoms with Crippen molar-refractivity contribution in [3.05, 3.63) is 28.8 Å². The van der Waals surface area contributed by atoms with Gasteiger partial charge in [-0.15, -0.1) is 0 Å². The lowest BCUT2D eigenvalue weighted by Gasteiger charge is -2.28. The molecule has 1 aliphatic carbocycles. The number of aliphatic hydroxyl groups excluding tert-OH is 1. The summed E-state index contributed by atoms with van der Waals surface area (Å²) in [5.41, 5.74) is 0.641. The highest BCUT2D eigenvalue weighted by molar-refractivity contribution is 5.42. The molecular formula is C21H30F2O3. The van der Waals surface area contributed by atoms with Crippen LogP contribution in [0.15, 0.2) is 6.07 Å². The summed E-state index contributed by atoms with van der Waals surface area (Å²) in [4.78, 5) is 0. The molecule has 1 aromatic rings. The van der Waals surface area contributed by atoms with E-state index in [1.165, 1.54) is 25.8 Å². The van der Waals surface area contributed by atoms with Crippen LogP contribution < -0.4 is 4.74 Å². The molecule has 0 spiro atoms. The van der Waals surface area contributed by atoms with E-state index < -0.39 is 17.7 Å². The van der Waals surface area contributed by atoms with Crippen LogP contribution >= 0.6 is 0 Å². The van der Waals surface area contributed by atoms with Gasteiger partial charge in [0.1, 0.15) is 0 Å². The maximum atomic E-state index is 14.3. The molecule has 5 heteroatoms. The lowest BCUT2D eigenvalue weighted by molar-refractivity contribution is 0.0135. The maximum Gasteiger partial charge on any atom is 0.201 e. The third-order valence-electron chi connectivity index (χ3n) is 5.72. The molecule has 1 saturated carbocycles. The van der Waals surface area contributed by atoms with Gasteiger partial charge in [-0.25, -0.2) is 4.39 Å². The van der Waals surface area contributed by atoms with E-state index in [1.807, 2.05) is 0 Å². The molecule has 146 valence electrons. The molecule has 1 N–H and O–H groups in total. The summed E-state index contributed by atoms with van der Waals surface area (Å²) in [7, 11) is 0. The molecule has 3 rings (SSSR count). The van der Waals surface area contributed by atoms with Gasteiger partial charge in [0.25, 0.3) is 0 Å². The highest BCUT2D eigenvalue weighted by Crippen LogP contribution is 2.36. The summed E-state index contributed by atoms with van der Waals surface area (Å²) in [6.07, 6.45) is 7.06. The van der Waals surface area contributed by atoms with Crippen molar-refractivity contribution in [3.8, 4) is 5.75 Å². The third-order valence-corrected chi connectivity index (χ3v) is 5.72. The molecular weight excluding hydrogens is 338 g/mol. The SMILES string of the molecule is CC1CCC(OCCCC2CCc3cc(C(C)O)c(F)c(F)c3O2)CC1. The molecule has 3 nitrogen and oxygen atoms in total.